The third kappa shape index (κ3) is 60.8. The molecule has 3 nitrogen and oxygen atoms in total. The van der Waals surface area contributed by atoms with Gasteiger partial charge < -0.3 is 43.9 Å². The monoisotopic (exact) mass is 1100 g/mol. The van der Waals surface area contributed by atoms with Crippen molar-refractivity contribution in [3.8, 4) is 0 Å². The molecule has 9 heteroatoms. The molecule has 370 valence electrons. The number of hydrogen-bond donors (Lipinski definition) is 0. The van der Waals surface area contributed by atoms with Gasteiger partial charge in [-0.25, -0.2) is 0 Å². The molecule has 4 fully saturated rings. The van der Waals surface area contributed by atoms with Crippen LogP contribution in [0.4, 0.5) is 0 Å². The Morgan fingerprint density at radius 2 is 0.541 bits per heavy atom. The van der Waals surface area contributed by atoms with Gasteiger partial charge in [-0.05, 0) is 105 Å². The van der Waals surface area contributed by atoms with E-state index < -0.39 is 41.7 Å². The van der Waals surface area contributed by atoms with Crippen molar-refractivity contribution >= 4 is 34.1 Å². The summed E-state index contributed by atoms with van der Waals surface area (Å²) in [6.07, 6.45) is 40.3. The van der Waals surface area contributed by atoms with Crippen LogP contribution >= 0.6 is 34.1 Å². The van der Waals surface area contributed by atoms with Gasteiger partial charge in [-0.3, -0.25) is 0 Å². The fraction of sp³-hybridized carbons (Fsp3) is 0.923. The molecule has 61 heavy (non-hydrogen) atoms. The average Bonchev–Trinajstić information content (AvgIpc) is 3.97. The zero-order chi connectivity index (χ0) is 43.3. The van der Waals surface area contributed by atoms with Crippen molar-refractivity contribution in [2.45, 2.75) is 266 Å². The average molecular weight is 1110 g/mol. The van der Waals surface area contributed by atoms with Gasteiger partial charge in [-0.2, -0.15) is 0 Å². The van der Waals surface area contributed by atoms with Gasteiger partial charge >= 0.3 is 75.7 Å². The molecule has 4 aliphatic carbocycles. The van der Waals surface area contributed by atoms with Crippen molar-refractivity contribution in [1.82, 2.24) is 0 Å². The third-order valence-corrected chi connectivity index (χ3v) is 11.5. The normalized spacial score (nSPS) is 16.6. The van der Waals surface area contributed by atoms with E-state index in [1.54, 1.807) is 0 Å². The molecule has 0 unspecified atom stereocenters. The van der Waals surface area contributed by atoms with Crippen molar-refractivity contribution in [1.29, 1.82) is 0 Å². The molecular weight excluding hydrogens is 997 g/mol. The number of rotatable bonds is 18. The molecule has 4 rings (SSSR count). The third-order valence-electron chi connectivity index (χ3n) is 11.5. The summed E-state index contributed by atoms with van der Waals surface area (Å²) in [5, 5.41) is 0. The predicted molar refractivity (Wildman–Crippen MR) is 275 cm³/mol. The van der Waals surface area contributed by atoms with Crippen LogP contribution in [0.5, 0.6) is 0 Å². The Morgan fingerprint density at radius 1 is 0.361 bits per heavy atom. The molecule has 0 aliphatic heterocycles. The molecule has 0 aromatic carbocycles. The predicted octanol–water partition coefficient (Wildman–Crippen LogP) is 20.4. The van der Waals surface area contributed by atoms with Crippen molar-refractivity contribution in [2.24, 2.45) is 23.7 Å². The Balaban J connectivity index is -0.000000156. The number of ether oxygens (including phenoxy) is 3. The summed E-state index contributed by atoms with van der Waals surface area (Å²) >= 11 is -1.65. The molecule has 0 aromatic rings. The molecule has 0 bridgehead atoms. The van der Waals surface area contributed by atoms with E-state index in [0.29, 0.717) is 0 Å². The van der Waals surface area contributed by atoms with Crippen molar-refractivity contribution in [3.05, 3.63) is 29.7 Å². The second-order valence-corrected chi connectivity index (χ2v) is 27.7. The number of hydrogen-bond acceptors (Lipinski definition) is 3. The maximum atomic E-state index is 5.69. The Hall–Kier alpha value is 2.81. The first-order chi connectivity index (χ1) is 27.0. The standard InChI is InChI=1S/3C13H26O.C9H18.4CH3.4ClH.2Zr/c3*1-13(2,3)14-11-7-6-10-12-8-4-5-9-12;1-2-3-6-9-7-4-5-8-9;;;;;;;;;;/h3*12H,4-11H2,1-3H3;9H,2-8H2,1H3;4*1H3;4*1H;;/q;;;;4*-1;;;;;2*+4/p-4. The SMILES string of the molecule is CC(C)(C)OCCCCC1CCCC1.CC(C)(C)OCCCCC1CCCC1.CC(C)(C)OCCCCC1CCCC1.CCCCC1CCCC1.[CH3-].[CH3-].[CH3-].[CH3-].[Cl][Zr+2][Cl].[Cl][Zr+2][Cl]. The van der Waals surface area contributed by atoms with Crippen LogP contribution in [0.3, 0.4) is 0 Å². The van der Waals surface area contributed by atoms with Crippen LogP contribution in [0.15, 0.2) is 0 Å². The van der Waals surface area contributed by atoms with Crippen molar-refractivity contribution in [3.63, 3.8) is 0 Å². The molecule has 0 amide bonds. The Labute approximate surface area is 425 Å². The molecular formula is C52H108Cl4O3Zr2. The van der Waals surface area contributed by atoms with E-state index in [1.165, 1.54) is 180 Å². The van der Waals surface area contributed by atoms with E-state index in [2.05, 4.69) is 69.2 Å². The first-order valence-corrected chi connectivity index (χ1v) is 36.5. The Bertz CT molecular complexity index is 708. The topological polar surface area (TPSA) is 27.7 Å². The van der Waals surface area contributed by atoms with Crippen LogP contribution in [0, 0.1) is 53.4 Å². The van der Waals surface area contributed by atoms with E-state index in [4.69, 9.17) is 48.3 Å². The molecule has 0 aromatic heterocycles. The quantitative estimate of drug-likeness (QED) is 0.101. The first-order valence-electron chi connectivity index (χ1n) is 23.8. The van der Waals surface area contributed by atoms with Crippen LogP contribution in [0.25, 0.3) is 0 Å². The van der Waals surface area contributed by atoms with Gasteiger partial charge in [0.1, 0.15) is 0 Å². The number of halogens is 4. The summed E-state index contributed by atoms with van der Waals surface area (Å²) in [7, 11) is 19.7. The molecule has 4 aliphatic rings. The van der Waals surface area contributed by atoms with Crippen LogP contribution in [-0.2, 0) is 55.9 Å². The molecule has 0 spiro atoms. The zero-order valence-electron chi connectivity index (χ0n) is 43.5. The van der Waals surface area contributed by atoms with Crippen LogP contribution < -0.4 is 0 Å². The summed E-state index contributed by atoms with van der Waals surface area (Å²) < 4.78 is 17.1. The Kier molecular flexibility index (Phi) is 62.6. The van der Waals surface area contributed by atoms with Gasteiger partial charge in [-0.1, -0.05) is 167 Å². The van der Waals surface area contributed by atoms with Crippen molar-refractivity contribution in [2.75, 3.05) is 19.8 Å². The molecule has 0 atom stereocenters. The van der Waals surface area contributed by atoms with E-state index in [0.717, 1.165) is 43.5 Å². The second-order valence-electron chi connectivity index (χ2n) is 20.3. The summed E-state index contributed by atoms with van der Waals surface area (Å²) in [5.41, 5.74) is 0.147. The summed E-state index contributed by atoms with van der Waals surface area (Å²) in [4.78, 5) is 0. The fourth-order valence-electron chi connectivity index (χ4n) is 8.43. The molecule has 0 saturated heterocycles. The van der Waals surface area contributed by atoms with Gasteiger partial charge in [0.15, 0.2) is 0 Å². The molecule has 0 heterocycles. The minimum atomic E-state index is -0.826. The molecule has 0 radical (unpaired) electrons. The first kappa shape index (κ1) is 75.3. The summed E-state index contributed by atoms with van der Waals surface area (Å²) in [5.74, 6) is 4.25. The molecule has 0 N–H and O–H groups in total. The molecule has 4 saturated carbocycles. The summed E-state index contributed by atoms with van der Waals surface area (Å²) in [6.45, 7) is 24.3. The van der Waals surface area contributed by atoms with Crippen molar-refractivity contribution < 1.29 is 55.9 Å². The van der Waals surface area contributed by atoms with E-state index in [-0.39, 0.29) is 46.5 Å². The van der Waals surface area contributed by atoms with E-state index in [9.17, 15) is 0 Å². The number of unbranched alkanes of at least 4 members (excludes halogenated alkanes) is 4. The Morgan fingerprint density at radius 3 is 0.705 bits per heavy atom. The van der Waals surface area contributed by atoms with Crippen LogP contribution in [-0.4, -0.2) is 36.6 Å². The zero-order valence-corrected chi connectivity index (χ0v) is 51.4. The van der Waals surface area contributed by atoms with Gasteiger partial charge in [0.05, 0.1) is 16.8 Å². The fourth-order valence-corrected chi connectivity index (χ4v) is 8.43. The summed E-state index contributed by atoms with van der Waals surface area (Å²) in [6, 6.07) is 0. The van der Waals surface area contributed by atoms with Gasteiger partial charge in [0.25, 0.3) is 0 Å². The van der Waals surface area contributed by atoms with Crippen LogP contribution in [0.2, 0.25) is 0 Å². The minimum absolute atomic E-state index is 0. The van der Waals surface area contributed by atoms with Gasteiger partial charge in [0, 0.05) is 19.8 Å². The van der Waals surface area contributed by atoms with Gasteiger partial charge in [-0.15, -0.1) is 0 Å². The maximum absolute atomic E-state index is 5.69. The van der Waals surface area contributed by atoms with E-state index >= 15 is 0 Å². The van der Waals surface area contributed by atoms with E-state index in [1.807, 2.05) is 0 Å². The second kappa shape index (κ2) is 50.7. The van der Waals surface area contributed by atoms with Gasteiger partial charge in [0.2, 0.25) is 0 Å². The van der Waals surface area contributed by atoms with Crippen LogP contribution in [0.1, 0.15) is 249 Å².